The number of nitrogens with one attached hydrogen (secondary N) is 2. The van der Waals surface area contributed by atoms with E-state index in [1.165, 1.54) is 34.4 Å². The summed E-state index contributed by atoms with van der Waals surface area (Å²) in [6.45, 7) is 7.81. The summed E-state index contributed by atoms with van der Waals surface area (Å²) in [5.41, 5.74) is 4.15. The first kappa shape index (κ1) is 71.4. The topological polar surface area (TPSA) is 381 Å². The first-order valence-electron chi connectivity index (χ1n) is 33.9. The number of pyridine rings is 1. The summed E-state index contributed by atoms with van der Waals surface area (Å²) >= 11 is 1.40. The van der Waals surface area contributed by atoms with Gasteiger partial charge in [0.15, 0.2) is 10.8 Å². The Balaban J connectivity index is 0.695. The van der Waals surface area contributed by atoms with Crippen molar-refractivity contribution in [1.29, 1.82) is 0 Å². The quantitative estimate of drug-likeness (QED) is 0.0170. The van der Waals surface area contributed by atoms with Gasteiger partial charge in [-0.1, -0.05) is 49.4 Å². The fourth-order valence-electron chi connectivity index (χ4n) is 16.9. The van der Waals surface area contributed by atoms with Gasteiger partial charge in [0.1, 0.15) is 48.8 Å². The first-order valence-corrected chi connectivity index (χ1v) is 34.7. The van der Waals surface area contributed by atoms with Crippen LogP contribution in [0.4, 0.5) is 15.7 Å². The number of fused-ring (bicyclic) bond motifs is 2. The molecule has 536 valence electrons. The molecule has 5 fully saturated rings. The Hall–Kier alpha value is -9.39. The van der Waals surface area contributed by atoms with Crippen molar-refractivity contribution >= 4 is 80.1 Å². The Bertz CT molecular complexity index is 4140. The second-order valence-corrected chi connectivity index (χ2v) is 29.3. The van der Waals surface area contributed by atoms with E-state index in [4.69, 9.17) is 33.8 Å². The minimum absolute atomic E-state index is 0.00309. The van der Waals surface area contributed by atoms with Crippen molar-refractivity contribution in [2.45, 2.75) is 141 Å². The summed E-state index contributed by atoms with van der Waals surface area (Å²) in [4.78, 5) is 115. The van der Waals surface area contributed by atoms with Crippen LogP contribution in [0.25, 0.3) is 21.3 Å². The van der Waals surface area contributed by atoms with Crippen LogP contribution in [0.3, 0.4) is 0 Å². The van der Waals surface area contributed by atoms with Crippen LogP contribution in [0.2, 0.25) is 0 Å². The highest BCUT2D eigenvalue weighted by Crippen LogP contribution is 2.72. The third-order valence-corrected chi connectivity index (χ3v) is 21.3. The van der Waals surface area contributed by atoms with Crippen molar-refractivity contribution in [3.8, 4) is 22.6 Å². The Morgan fingerprint density at radius 3 is 2.31 bits per heavy atom. The molecule has 29 heteroatoms. The Morgan fingerprint density at radius 2 is 1.56 bits per heavy atom. The molecule has 0 radical (unpaired) electrons. The minimum Gasteiger partial charge on any atom is -0.491 e. The molecule has 28 nitrogen and oxygen atoms in total. The summed E-state index contributed by atoms with van der Waals surface area (Å²) in [5, 5.41) is 73.0. The Labute approximate surface area is 585 Å². The van der Waals surface area contributed by atoms with Gasteiger partial charge in [-0.05, 0) is 128 Å². The monoisotopic (exact) mass is 1410 g/mol. The maximum absolute atomic E-state index is 14.3. The predicted molar refractivity (Wildman–Crippen MR) is 364 cm³/mol. The number of aromatic carboxylic acids is 1. The third kappa shape index (κ3) is 16.0. The number of amides is 5. The van der Waals surface area contributed by atoms with Crippen molar-refractivity contribution in [2.24, 2.45) is 22.2 Å². The molecule has 2 aliphatic heterocycles. The molecular formula is C72H83N9O19S. The van der Waals surface area contributed by atoms with E-state index in [1.54, 1.807) is 18.3 Å². The van der Waals surface area contributed by atoms with Crippen LogP contribution in [0.5, 0.6) is 11.5 Å². The molecule has 0 spiro atoms. The number of nitrogens with zero attached hydrogens (tertiary/aromatic N) is 7. The molecule has 6 aromatic rings. The van der Waals surface area contributed by atoms with E-state index < -0.39 is 77.7 Å². The zero-order valence-electron chi connectivity index (χ0n) is 56.3. The molecule has 3 aromatic carbocycles. The molecule has 3 aromatic heterocycles. The minimum atomic E-state index is -1.83. The molecule has 5 saturated carbocycles. The molecule has 4 bridgehead atoms. The molecular weight excluding hydrogens is 1330 g/mol. The smallest absolute Gasteiger partial charge is 0.410 e. The highest BCUT2D eigenvalue weighted by Gasteiger charge is 2.66. The van der Waals surface area contributed by atoms with Gasteiger partial charge in [0.25, 0.3) is 17.7 Å². The van der Waals surface area contributed by atoms with E-state index in [1.807, 2.05) is 59.0 Å². The van der Waals surface area contributed by atoms with Crippen LogP contribution in [0.1, 0.15) is 121 Å². The average molecular weight is 1410 g/mol. The van der Waals surface area contributed by atoms with E-state index in [-0.39, 0.29) is 124 Å². The molecule has 5 aliphatic carbocycles. The zero-order chi connectivity index (χ0) is 71.5. The van der Waals surface area contributed by atoms with Gasteiger partial charge in [0, 0.05) is 111 Å². The highest BCUT2D eigenvalue weighted by atomic mass is 32.1. The molecule has 5 heterocycles. The molecule has 7 aliphatic rings. The van der Waals surface area contributed by atoms with Gasteiger partial charge in [-0.3, -0.25) is 43.7 Å². The number of imide groups is 1. The molecule has 101 heavy (non-hydrogen) atoms. The van der Waals surface area contributed by atoms with Crippen molar-refractivity contribution in [1.82, 2.24) is 34.9 Å². The first-order chi connectivity index (χ1) is 48.3. The van der Waals surface area contributed by atoms with Crippen molar-refractivity contribution in [3.63, 3.8) is 0 Å². The number of anilines is 2. The van der Waals surface area contributed by atoms with Crippen molar-refractivity contribution in [2.75, 3.05) is 69.4 Å². The fraction of sp³-hybridized carbons (Fsp3) is 0.486. The Kier molecular flexibility index (Phi) is 21.0. The largest absolute Gasteiger partial charge is 0.491 e. The normalized spacial score (nSPS) is 24.9. The second kappa shape index (κ2) is 29.7. The van der Waals surface area contributed by atoms with Crippen LogP contribution in [-0.4, -0.2) is 197 Å². The number of hydrogen-bond donors (Lipinski definition) is 8. The number of carboxylic acids is 3. The lowest BCUT2D eigenvalue weighted by molar-refractivity contribution is -0.248. The van der Waals surface area contributed by atoms with Crippen LogP contribution >= 0.6 is 11.3 Å². The van der Waals surface area contributed by atoms with E-state index in [9.17, 15) is 69.0 Å². The summed E-state index contributed by atoms with van der Waals surface area (Å²) in [6.07, 6.45) is 1.83. The highest BCUT2D eigenvalue weighted by molar-refractivity contribution is 7.22. The van der Waals surface area contributed by atoms with E-state index in [0.29, 0.717) is 65.7 Å². The number of thiazole rings is 1. The number of carboxylic acid groups (broad SMARTS) is 3. The molecule has 0 saturated heterocycles. The summed E-state index contributed by atoms with van der Waals surface area (Å²) in [7, 11) is 0. The van der Waals surface area contributed by atoms with Crippen molar-refractivity contribution < 1.29 is 92.7 Å². The number of ether oxygens (including phenoxy) is 5. The van der Waals surface area contributed by atoms with Crippen LogP contribution in [0.15, 0.2) is 91.1 Å². The zero-order valence-corrected chi connectivity index (χ0v) is 57.2. The summed E-state index contributed by atoms with van der Waals surface area (Å²) in [6, 6.07) is 21.4. The van der Waals surface area contributed by atoms with Gasteiger partial charge in [-0.15, -0.1) is 0 Å². The molecule has 8 N–H and O–H groups in total. The average Bonchev–Trinajstić information content (AvgIpc) is 0.840. The number of aliphatic hydroxyl groups is 3. The number of carbonyl (C=O) groups excluding carboxylic acids is 5. The number of aliphatic hydroxyl groups excluding tert-OH is 3. The number of carbonyl (C=O) groups is 8. The lowest BCUT2D eigenvalue weighted by Crippen LogP contribution is -2.64. The van der Waals surface area contributed by atoms with Crippen molar-refractivity contribution in [3.05, 3.63) is 125 Å². The van der Waals surface area contributed by atoms with Gasteiger partial charge in [0.2, 0.25) is 5.91 Å². The maximum Gasteiger partial charge on any atom is 0.410 e. The molecule has 2 unspecified atom stereocenters. The molecule has 5 amide bonds. The Morgan fingerprint density at radius 1 is 0.792 bits per heavy atom. The third-order valence-electron chi connectivity index (χ3n) is 20.3. The van der Waals surface area contributed by atoms with E-state index in [2.05, 4.69) is 29.5 Å². The fourth-order valence-corrected chi connectivity index (χ4v) is 17.7. The number of para-hydroxylation sites is 1. The lowest BCUT2D eigenvalue weighted by atomic mass is 9.39. The molecule has 13 rings (SSSR count). The predicted octanol–water partition coefficient (Wildman–Crippen LogP) is 6.78. The van der Waals surface area contributed by atoms with Crippen LogP contribution in [-0.2, 0) is 64.3 Å². The number of hydrogen-bond acceptors (Lipinski definition) is 21. The summed E-state index contributed by atoms with van der Waals surface area (Å²) in [5.74, 6) is -6.08. The second-order valence-electron chi connectivity index (χ2n) is 28.3. The SMILES string of the molecule is Cc1c(-c2ccc(N3CCc4cccc(C(=O)Nc5nc6ccccc6s5)c4C3)nc2C(=O)O)cnn1CC12CC3(C)CC(C)(C1)CC(OCCN(CCCC(=O)O)C(=O)OCc1ccc(O[C@@H]4C[C@H](C(=O)O)[C@@H](O)[C@H](O)[C@H]4O)cc1OCCOCCNC(=O)CCN1C(=O)C=CC1=O)(C3)C2. The van der Waals surface area contributed by atoms with Gasteiger partial charge in [-0.25, -0.2) is 19.6 Å². The number of rotatable bonds is 30. The van der Waals surface area contributed by atoms with Gasteiger partial charge >= 0.3 is 24.0 Å². The van der Waals surface area contributed by atoms with Gasteiger partial charge in [-0.2, -0.15) is 5.10 Å². The standard InChI is InChI=1S/C72H83N9O19S/c1-42-49(46-15-16-55(76-60(46)66(93)94)79-23-19-43-8-6-9-47(50(43)33-79)64(90)77-67-75-51-10-4-5-11-54(51)101-67)32-74-81(42)41-71-36-69(2)35-70(3,37-71)39-72(38-69,40-71)99-27-25-78(22-7-12-59(85)86)68(95)98-34-44-13-14-45(100-53-31-48(65(91)92)61(87)63(89)62(53)88)30-52(44)97-29-28-96-26-21-73-56(82)20-24-80-57(83)17-18-58(80)84/h4-6,8-11,13-18,30,32,48,53,61-63,87-89H,7,12,19-29,31,33-41H2,1-3H3,(H,73,82)(H,85,86)(H,91,92)(H,93,94)(H,75,77,90)/t48-,53+,61+,62-,63-,69?,70?,71?,72?/m0/s1. The number of aromatic nitrogens is 4. The maximum atomic E-state index is 14.3. The van der Waals surface area contributed by atoms with Crippen LogP contribution < -0.4 is 25.0 Å². The van der Waals surface area contributed by atoms with Gasteiger partial charge < -0.3 is 69.4 Å². The van der Waals surface area contributed by atoms with Gasteiger partial charge in [0.05, 0.1) is 53.9 Å². The number of aliphatic carboxylic acids is 2. The van der Waals surface area contributed by atoms with E-state index >= 15 is 0 Å². The van der Waals surface area contributed by atoms with Crippen LogP contribution in [0, 0.1) is 29.1 Å². The summed E-state index contributed by atoms with van der Waals surface area (Å²) < 4.78 is 33.8. The number of benzene rings is 3. The lowest BCUT2D eigenvalue weighted by Gasteiger charge is -2.69. The molecule has 7 atom stereocenters. The van der Waals surface area contributed by atoms with E-state index in [0.717, 1.165) is 76.2 Å².